The van der Waals surface area contributed by atoms with Gasteiger partial charge in [-0.3, -0.25) is 14.5 Å². The molecule has 2 fully saturated rings. The molecule has 0 N–H and O–H groups in total. The average molecular weight is 411 g/mol. The van der Waals surface area contributed by atoms with Gasteiger partial charge in [-0.15, -0.1) is 0 Å². The van der Waals surface area contributed by atoms with E-state index >= 15 is 0 Å². The predicted octanol–water partition coefficient (Wildman–Crippen LogP) is 2.64. The van der Waals surface area contributed by atoms with Gasteiger partial charge in [-0.2, -0.15) is 0 Å². The van der Waals surface area contributed by atoms with E-state index in [1.54, 1.807) is 6.07 Å². The zero-order chi connectivity index (χ0) is 20.7. The van der Waals surface area contributed by atoms with Crippen molar-refractivity contribution in [2.45, 2.75) is 58.0 Å². The Labute approximate surface area is 176 Å². The largest absolute Gasteiger partial charge is 0.361 e. The van der Waals surface area contributed by atoms with E-state index in [0.717, 1.165) is 49.5 Å². The summed E-state index contributed by atoms with van der Waals surface area (Å²) in [5.74, 6) is 1.18. The molecule has 3 aliphatic heterocycles. The molecule has 0 saturated carbocycles. The number of hydrogen-bond donors (Lipinski definition) is 0. The monoisotopic (exact) mass is 410 g/mol. The number of carbonyl (C=O) groups excluding carboxylic acids is 1. The third-order valence-corrected chi connectivity index (χ3v) is 6.94. The van der Waals surface area contributed by atoms with Gasteiger partial charge in [-0.1, -0.05) is 24.6 Å². The van der Waals surface area contributed by atoms with E-state index in [1.807, 2.05) is 22.5 Å². The number of carbonyl (C=O) groups is 1. The molecule has 7 heteroatoms. The lowest BCUT2D eigenvalue weighted by Crippen LogP contribution is -2.49. The molecule has 2 atom stereocenters. The molecule has 2 saturated heterocycles. The summed E-state index contributed by atoms with van der Waals surface area (Å²) in [6.45, 7) is 6.91. The summed E-state index contributed by atoms with van der Waals surface area (Å²) < 4.78 is 7.21. The van der Waals surface area contributed by atoms with Gasteiger partial charge in [0.05, 0.1) is 0 Å². The van der Waals surface area contributed by atoms with E-state index in [1.165, 1.54) is 19.3 Å². The zero-order valence-corrected chi connectivity index (χ0v) is 17.7. The van der Waals surface area contributed by atoms with Crippen LogP contribution >= 0.6 is 0 Å². The van der Waals surface area contributed by atoms with Crippen molar-refractivity contribution in [1.82, 2.24) is 19.5 Å². The van der Waals surface area contributed by atoms with Gasteiger partial charge < -0.3 is 14.0 Å². The second-order valence-electron chi connectivity index (χ2n) is 9.08. The fourth-order valence-corrected chi connectivity index (χ4v) is 5.38. The Hall–Kier alpha value is -2.41. The molecule has 2 bridgehead atoms. The summed E-state index contributed by atoms with van der Waals surface area (Å²) in [7, 11) is 0. The molecule has 30 heavy (non-hydrogen) atoms. The summed E-state index contributed by atoms with van der Waals surface area (Å²) in [6, 6.07) is 5.90. The third kappa shape index (κ3) is 3.60. The van der Waals surface area contributed by atoms with Crippen molar-refractivity contribution < 1.29 is 9.32 Å². The van der Waals surface area contributed by atoms with Crippen molar-refractivity contribution >= 4 is 5.91 Å². The second-order valence-corrected chi connectivity index (χ2v) is 9.08. The summed E-state index contributed by atoms with van der Waals surface area (Å²) in [6.07, 6.45) is 5.51. The Kier molecular flexibility index (Phi) is 5.23. The predicted molar refractivity (Wildman–Crippen MR) is 112 cm³/mol. The first-order chi connectivity index (χ1) is 14.6. The zero-order valence-electron chi connectivity index (χ0n) is 17.7. The highest BCUT2D eigenvalue weighted by Crippen LogP contribution is 2.35. The van der Waals surface area contributed by atoms with Crippen LogP contribution in [0, 0.1) is 5.92 Å². The van der Waals surface area contributed by atoms with Gasteiger partial charge in [0.1, 0.15) is 5.76 Å². The molecule has 0 aromatic carbocycles. The molecule has 0 unspecified atom stereocenters. The van der Waals surface area contributed by atoms with Gasteiger partial charge in [0.15, 0.2) is 5.69 Å². The summed E-state index contributed by atoms with van der Waals surface area (Å²) in [5, 5.41) is 3.96. The first kappa shape index (κ1) is 19.5. The lowest BCUT2D eigenvalue weighted by atomic mass is 9.83. The van der Waals surface area contributed by atoms with Crippen LogP contribution in [0.15, 0.2) is 27.5 Å². The van der Waals surface area contributed by atoms with Gasteiger partial charge >= 0.3 is 0 Å². The number of aromatic nitrogens is 2. The highest BCUT2D eigenvalue weighted by molar-refractivity contribution is 5.92. The van der Waals surface area contributed by atoms with Crippen LogP contribution in [0.5, 0.6) is 0 Å². The molecule has 2 aromatic heterocycles. The maximum Gasteiger partial charge on any atom is 0.276 e. The molecule has 5 heterocycles. The van der Waals surface area contributed by atoms with E-state index in [0.29, 0.717) is 31.2 Å². The maximum atomic E-state index is 13.2. The van der Waals surface area contributed by atoms with E-state index < -0.39 is 0 Å². The molecular formula is C23H30N4O3. The molecule has 0 spiro atoms. The highest BCUT2D eigenvalue weighted by Gasteiger charge is 2.37. The number of rotatable bonds is 4. The Bertz CT molecular complexity index is 989. The molecule has 0 aliphatic carbocycles. The minimum atomic E-state index is -0.0642. The smallest absolute Gasteiger partial charge is 0.276 e. The number of aryl methyl sites for hydroxylation is 1. The van der Waals surface area contributed by atoms with E-state index in [4.69, 9.17) is 4.52 Å². The van der Waals surface area contributed by atoms with Crippen LogP contribution < -0.4 is 5.56 Å². The number of fused-ring (bicyclic) bond motifs is 4. The van der Waals surface area contributed by atoms with Gasteiger partial charge in [-0.05, 0) is 44.3 Å². The van der Waals surface area contributed by atoms with Gasteiger partial charge in [-0.25, -0.2) is 0 Å². The van der Waals surface area contributed by atoms with Crippen molar-refractivity contribution in [2.75, 3.05) is 26.2 Å². The van der Waals surface area contributed by atoms with E-state index in [-0.39, 0.29) is 17.4 Å². The molecule has 5 rings (SSSR count). The van der Waals surface area contributed by atoms with Crippen LogP contribution in [-0.4, -0.2) is 51.6 Å². The van der Waals surface area contributed by atoms with Crippen LogP contribution in [-0.2, 0) is 19.5 Å². The van der Waals surface area contributed by atoms with Crippen LogP contribution in [0.1, 0.15) is 66.0 Å². The summed E-state index contributed by atoms with van der Waals surface area (Å²) in [5.41, 5.74) is 2.53. The number of hydrogen-bond acceptors (Lipinski definition) is 5. The third-order valence-electron chi connectivity index (χ3n) is 6.94. The molecule has 7 nitrogen and oxygen atoms in total. The second kappa shape index (κ2) is 8.02. The Morgan fingerprint density at radius 2 is 2.00 bits per heavy atom. The normalized spacial score (nSPS) is 24.0. The van der Waals surface area contributed by atoms with Crippen molar-refractivity contribution in [3.63, 3.8) is 0 Å². The Balaban J connectivity index is 1.35. The topological polar surface area (TPSA) is 71.6 Å². The van der Waals surface area contributed by atoms with E-state index in [9.17, 15) is 9.59 Å². The highest BCUT2D eigenvalue weighted by atomic mass is 16.5. The number of pyridine rings is 1. The standard InChI is InChI=1S/C23H30N4O3/c1-2-19-11-20(24-30-19)23(29)26-12-16-10-18(15-26)21-7-6-17(22(28)27(21)13-16)14-25-8-4-3-5-9-25/h6-7,11,16,18H,2-5,8-10,12-15H2,1H3/t16-,18+/m0/s1. The quantitative estimate of drug-likeness (QED) is 0.775. The number of piperidine rings is 2. The fourth-order valence-electron chi connectivity index (χ4n) is 5.38. The van der Waals surface area contributed by atoms with Crippen LogP contribution in [0.3, 0.4) is 0 Å². The summed E-state index contributed by atoms with van der Waals surface area (Å²) in [4.78, 5) is 30.5. The van der Waals surface area contributed by atoms with Crippen LogP contribution in [0.4, 0.5) is 0 Å². The minimum Gasteiger partial charge on any atom is -0.361 e. The van der Waals surface area contributed by atoms with Crippen LogP contribution in [0.2, 0.25) is 0 Å². The van der Waals surface area contributed by atoms with Crippen molar-refractivity contribution in [1.29, 1.82) is 0 Å². The Morgan fingerprint density at radius 1 is 1.17 bits per heavy atom. The molecule has 2 aromatic rings. The van der Waals surface area contributed by atoms with Crippen molar-refractivity contribution in [3.05, 3.63) is 51.3 Å². The molecule has 0 radical (unpaired) electrons. The number of nitrogens with zero attached hydrogens (tertiary/aromatic N) is 4. The maximum absolute atomic E-state index is 13.2. The van der Waals surface area contributed by atoms with Gasteiger partial charge in [0, 0.05) is 55.8 Å². The minimum absolute atomic E-state index is 0.0642. The molecule has 1 amide bonds. The number of likely N-dealkylation sites (tertiary alicyclic amines) is 2. The van der Waals surface area contributed by atoms with Gasteiger partial charge in [0.2, 0.25) is 0 Å². The van der Waals surface area contributed by atoms with Gasteiger partial charge in [0.25, 0.3) is 11.5 Å². The van der Waals surface area contributed by atoms with E-state index in [2.05, 4.69) is 16.1 Å². The molecule has 3 aliphatic rings. The molecule has 160 valence electrons. The van der Waals surface area contributed by atoms with Crippen molar-refractivity contribution in [3.8, 4) is 0 Å². The SMILES string of the molecule is CCc1cc(C(=O)N2C[C@@H]3C[C@H](C2)c2ccc(CN4CCCCC4)c(=O)n2C3)no1. The first-order valence-corrected chi connectivity index (χ1v) is 11.3. The van der Waals surface area contributed by atoms with Crippen LogP contribution in [0.25, 0.3) is 0 Å². The number of amides is 1. The first-order valence-electron chi connectivity index (χ1n) is 11.3. The molecular weight excluding hydrogens is 380 g/mol. The Morgan fingerprint density at radius 3 is 2.77 bits per heavy atom. The average Bonchev–Trinajstić information content (AvgIpc) is 3.25. The lowest BCUT2D eigenvalue weighted by Gasteiger charge is -2.42. The lowest BCUT2D eigenvalue weighted by molar-refractivity contribution is 0.0584. The van der Waals surface area contributed by atoms with Crippen molar-refractivity contribution in [2.24, 2.45) is 5.92 Å². The summed E-state index contributed by atoms with van der Waals surface area (Å²) >= 11 is 0. The fraction of sp³-hybridized carbons (Fsp3) is 0.609.